The van der Waals surface area contributed by atoms with Gasteiger partial charge in [0.25, 0.3) is 0 Å². The van der Waals surface area contributed by atoms with Crippen molar-refractivity contribution >= 4 is 144 Å². The predicted octanol–water partition coefficient (Wildman–Crippen LogP) is 11.8. The largest absolute Gasteiger partial charge is 0.514 e. The van der Waals surface area contributed by atoms with E-state index < -0.39 is 47.3 Å². The SMILES string of the molecule is C=Cc1c(I)c(OC(=O)OC(C)(C)C)c(I)c(OC(O)OC(C)(C)C/C=C/c2cc(I)c(OC(=O)OC(C)(C)C)c(OC(=O)OC(C)(C)C)c2I)c1I. The zero-order valence-electron chi connectivity index (χ0n) is 31.1. The predicted molar refractivity (Wildman–Crippen MR) is 243 cm³/mol. The van der Waals surface area contributed by atoms with Crippen LogP contribution >= 0.6 is 113 Å². The molecule has 0 aromatic heterocycles. The number of ether oxygens (including phenoxy) is 8. The van der Waals surface area contributed by atoms with Crippen LogP contribution in [0.2, 0.25) is 0 Å². The summed E-state index contributed by atoms with van der Waals surface area (Å²) in [6, 6.07) is 1.75. The fourth-order valence-corrected chi connectivity index (χ4v) is 9.36. The van der Waals surface area contributed by atoms with Gasteiger partial charge in [0.2, 0.25) is 0 Å². The van der Waals surface area contributed by atoms with Crippen LogP contribution in [0.1, 0.15) is 93.7 Å². The second-order valence-corrected chi connectivity index (χ2v) is 20.2. The number of halogens is 5. The van der Waals surface area contributed by atoms with Gasteiger partial charge in [0.15, 0.2) is 23.0 Å². The summed E-state index contributed by atoms with van der Waals surface area (Å²) in [6.07, 6.45) is 2.65. The molecule has 0 bridgehead atoms. The Morgan fingerprint density at radius 3 is 1.57 bits per heavy atom. The van der Waals surface area contributed by atoms with Crippen LogP contribution in [0.4, 0.5) is 14.4 Å². The van der Waals surface area contributed by atoms with Gasteiger partial charge in [0, 0.05) is 5.56 Å². The molecule has 12 nitrogen and oxygen atoms in total. The van der Waals surface area contributed by atoms with Crippen molar-refractivity contribution in [2.45, 2.75) is 111 Å². The van der Waals surface area contributed by atoms with Gasteiger partial charge in [-0.2, -0.15) is 0 Å². The van der Waals surface area contributed by atoms with E-state index in [0.29, 0.717) is 35.4 Å². The highest BCUT2D eigenvalue weighted by atomic mass is 127. The molecule has 0 saturated heterocycles. The molecule has 17 heteroatoms. The van der Waals surface area contributed by atoms with Crippen LogP contribution in [-0.4, -0.2) is 52.5 Å². The summed E-state index contributed by atoms with van der Waals surface area (Å²) in [5.74, 6) is 0.402. The first-order valence-corrected chi connectivity index (χ1v) is 21.2. The maximum absolute atomic E-state index is 12.7. The highest BCUT2D eigenvalue weighted by Crippen LogP contribution is 2.44. The Balaban J connectivity index is 2.36. The third-order valence-corrected chi connectivity index (χ3v) is 10.9. The summed E-state index contributed by atoms with van der Waals surface area (Å²) in [7, 11) is 0. The average Bonchev–Trinajstić information content (AvgIpc) is 2.95. The van der Waals surface area contributed by atoms with Gasteiger partial charge in [-0.25, -0.2) is 14.4 Å². The van der Waals surface area contributed by atoms with Crippen molar-refractivity contribution in [3.8, 4) is 23.0 Å². The van der Waals surface area contributed by atoms with E-state index in [2.05, 4.69) is 51.8 Å². The monoisotopic (exact) mass is 1300 g/mol. The standard InChI is InChI=1S/C36H43I5O12/c1-13-19-22(39)26(47-30(43)51-34(5,6)7)24(41)27(23(19)40)48-32(45)53-36(11,12)16-14-15-18-17-20(37)25(46-29(42)50-33(2,3)4)28(21(18)38)49-31(44)52-35(8,9)10/h13-15,17,32,45H,1,16H2,2-12H3/b15-14+. The number of hydrogen-bond acceptors (Lipinski definition) is 12. The van der Waals surface area contributed by atoms with Crippen LogP contribution in [0, 0.1) is 17.9 Å². The van der Waals surface area contributed by atoms with Crippen molar-refractivity contribution in [3.63, 3.8) is 0 Å². The fourth-order valence-electron chi connectivity index (χ4n) is 3.90. The van der Waals surface area contributed by atoms with E-state index in [0.717, 1.165) is 0 Å². The van der Waals surface area contributed by atoms with E-state index in [1.807, 2.05) is 73.8 Å². The number of aliphatic hydroxyl groups excluding tert-OH is 1. The zero-order valence-corrected chi connectivity index (χ0v) is 41.9. The Kier molecular flexibility index (Phi) is 17.8. The molecule has 0 fully saturated rings. The van der Waals surface area contributed by atoms with Crippen molar-refractivity contribution in [1.82, 2.24) is 0 Å². The lowest BCUT2D eigenvalue weighted by Gasteiger charge is -2.28. The van der Waals surface area contributed by atoms with Gasteiger partial charge >= 0.3 is 24.9 Å². The lowest BCUT2D eigenvalue weighted by Crippen LogP contribution is -2.33. The Morgan fingerprint density at radius 2 is 1.11 bits per heavy atom. The van der Waals surface area contributed by atoms with Crippen LogP contribution < -0.4 is 18.9 Å². The van der Waals surface area contributed by atoms with Crippen molar-refractivity contribution in [2.24, 2.45) is 0 Å². The minimum atomic E-state index is -1.72. The molecule has 0 amide bonds. The first-order valence-electron chi connectivity index (χ1n) is 15.8. The Morgan fingerprint density at radius 1 is 0.679 bits per heavy atom. The number of benzene rings is 2. The Bertz CT molecular complexity index is 1730. The summed E-state index contributed by atoms with van der Waals surface area (Å²) < 4.78 is 47.1. The van der Waals surface area contributed by atoms with Gasteiger partial charge in [-0.1, -0.05) is 24.8 Å². The molecule has 0 aliphatic rings. The van der Waals surface area contributed by atoms with Gasteiger partial charge < -0.3 is 43.0 Å². The molecule has 0 aliphatic carbocycles. The number of rotatable bonds is 11. The molecule has 1 unspecified atom stereocenters. The molecule has 1 atom stereocenters. The molecule has 0 heterocycles. The van der Waals surface area contributed by atoms with Crippen LogP contribution in [0.5, 0.6) is 23.0 Å². The fraction of sp³-hybridized carbons (Fsp3) is 0.472. The van der Waals surface area contributed by atoms with Crippen molar-refractivity contribution in [3.05, 3.63) is 47.7 Å². The third kappa shape index (κ3) is 15.9. The van der Waals surface area contributed by atoms with Gasteiger partial charge in [0.05, 0.1) is 19.9 Å². The highest BCUT2D eigenvalue weighted by Gasteiger charge is 2.30. The molecule has 2 rings (SSSR count). The average molecular weight is 1300 g/mol. The van der Waals surface area contributed by atoms with E-state index in [9.17, 15) is 19.5 Å². The second kappa shape index (κ2) is 19.5. The molecule has 0 saturated carbocycles. The van der Waals surface area contributed by atoms with Gasteiger partial charge in [-0.05, 0) is 207 Å². The Hall–Kier alpha value is -0.900. The minimum absolute atomic E-state index is 0.00433. The van der Waals surface area contributed by atoms with Crippen molar-refractivity contribution in [2.75, 3.05) is 0 Å². The zero-order chi connectivity index (χ0) is 40.9. The highest BCUT2D eigenvalue weighted by molar-refractivity contribution is 14.1. The molecule has 2 aromatic carbocycles. The first-order chi connectivity index (χ1) is 24.0. The summed E-state index contributed by atoms with van der Waals surface area (Å²) in [4.78, 5) is 37.9. The van der Waals surface area contributed by atoms with E-state index in [1.165, 1.54) is 0 Å². The number of carbonyl (C=O) groups is 3. The summed E-state index contributed by atoms with van der Waals surface area (Å²) in [6.45, 7) is 21.1. The molecule has 2 aromatic rings. The van der Waals surface area contributed by atoms with E-state index >= 15 is 0 Å². The van der Waals surface area contributed by atoms with Crippen molar-refractivity contribution in [1.29, 1.82) is 0 Å². The lowest BCUT2D eigenvalue weighted by atomic mass is 10.0. The number of aliphatic hydroxyl groups is 1. The molecular formula is C36H43I5O12. The molecule has 0 aliphatic heterocycles. The maximum Gasteiger partial charge on any atom is 0.514 e. The van der Waals surface area contributed by atoms with E-state index in [-0.39, 0.29) is 23.0 Å². The molecule has 53 heavy (non-hydrogen) atoms. The molecule has 1 N–H and O–H groups in total. The molecule has 294 valence electrons. The van der Waals surface area contributed by atoms with E-state index in [1.54, 1.807) is 94.4 Å². The number of hydrogen-bond donors (Lipinski definition) is 1. The summed E-state index contributed by atoms with van der Waals surface area (Å²) in [5, 5.41) is 11.0. The first kappa shape index (κ1) is 48.2. The van der Waals surface area contributed by atoms with Gasteiger partial charge in [-0.3, -0.25) is 0 Å². The van der Waals surface area contributed by atoms with Gasteiger partial charge in [0.1, 0.15) is 20.4 Å². The normalized spacial score (nSPS) is 12.9. The molecule has 0 radical (unpaired) electrons. The summed E-state index contributed by atoms with van der Waals surface area (Å²) in [5.41, 5.74) is -2.11. The third-order valence-electron chi connectivity index (χ3n) is 5.90. The van der Waals surface area contributed by atoms with Crippen molar-refractivity contribution < 1.29 is 57.4 Å². The van der Waals surface area contributed by atoms with E-state index in [4.69, 9.17) is 37.9 Å². The maximum atomic E-state index is 12.7. The minimum Gasteiger partial charge on any atom is -0.439 e. The smallest absolute Gasteiger partial charge is 0.439 e. The van der Waals surface area contributed by atoms with Crippen LogP contribution in [0.15, 0.2) is 18.7 Å². The van der Waals surface area contributed by atoms with Crippen LogP contribution in [0.25, 0.3) is 12.2 Å². The summed E-state index contributed by atoms with van der Waals surface area (Å²) >= 11 is 10.1. The topological polar surface area (TPSA) is 145 Å². The molecule has 0 spiro atoms. The Labute approximate surface area is 378 Å². The number of carbonyl (C=O) groups excluding carboxylic acids is 3. The van der Waals surface area contributed by atoms with Crippen LogP contribution in [-0.2, 0) is 18.9 Å². The van der Waals surface area contributed by atoms with Gasteiger partial charge in [-0.15, -0.1) is 0 Å². The second-order valence-electron chi connectivity index (χ2n) is 14.7. The lowest BCUT2D eigenvalue weighted by molar-refractivity contribution is -0.263. The van der Waals surface area contributed by atoms with Crippen LogP contribution in [0.3, 0.4) is 0 Å². The quantitative estimate of drug-likeness (QED) is 0.0751. The molecular weight excluding hydrogens is 1260 g/mol.